The lowest BCUT2D eigenvalue weighted by molar-refractivity contribution is -0.120. The quantitative estimate of drug-likeness (QED) is 0.886. The van der Waals surface area contributed by atoms with Gasteiger partial charge in [0, 0.05) is 50.9 Å². The first kappa shape index (κ1) is 14.9. The van der Waals surface area contributed by atoms with Crippen LogP contribution in [0, 0.1) is 0 Å². The number of aromatic nitrogens is 1. The van der Waals surface area contributed by atoms with Gasteiger partial charge in [-0.05, 0) is 19.2 Å². The number of likely N-dealkylation sites (N-methyl/N-ethyl adjacent to an activating group) is 1. The number of rotatable bonds is 2. The molecule has 2 fully saturated rings. The van der Waals surface area contributed by atoms with Crippen molar-refractivity contribution in [2.75, 3.05) is 49.6 Å². The molecule has 1 aromatic carbocycles. The molecule has 0 radical (unpaired) electrons. The number of nitrogens with one attached hydrogen (secondary N) is 1. The van der Waals surface area contributed by atoms with Gasteiger partial charge in [-0.25, -0.2) is 4.79 Å². The van der Waals surface area contributed by atoms with Crippen molar-refractivity contribution >= 4 is 34.7 Å². The van der Waals surface area contributed by atoms with Crippen LogP contribution in [-0.4, -0.2) is 61.6 Å². The molecule has 3 heterocycles. The molecule has 0 atom stereocenters. The molecular formula is C16H19N5O3. The monoisotopic (exact) mass is 329 g/mol. The zero-order valence-electron chi connectivity index (χ0n) is 13.5. The number of amides is 3. The SMILES string of the molecule is CN1CCN(c2nc3ccc(N4CCC(=O)NC4=O)cc3o2)CC1. The molecule has 1 N–H and O–H groups in total. The second-order valence-electron chi connectivity index (χ2n) is 6.19. The summed E-state index contributed by atoms with van der Waals surface area (Å²) in [5.74, 6) is -0.241. The zero-order valence-corrected chi connectivity index (χ0v) is 13.5. The zero-order chi connectivity index (χ0) is 16.7. The van der Waals surface area contributed by atoms with Crippen molar-refractivity contribution in [2.45, 2.75) is 6.42 Å². The summed E-state index contributed by atoms with van der Waals surface area (Å²) in [4.78, 5) is 33.7. The fraction of sp³-hybridized carbons (Fsp3) is 0.438. The van der Waals surface area contributed by atoms with Crippen LogP contribution >= 0.6 is 0 Å². The Morgan fingerprint density at radius 1 is 1.12 bits per heavy atom. The molecule has 3 amide bonds. The van der Waals surface area contributed by atoms with Gasteiger partial charge >= 0.3 is 6.03 Å². The van der Waals surface area contributed by atoms with Gasteiger partial charge in [0.05, 0.1) is 0 Å². The Morgan fingerprint density at radius 2 is 1.92 bits per heavy atom. The van der Waals surface area contributed by atoms with Crippen molar-refractivity contribution in [2.24, 2.45) is 0 Å². The normalized spacial score (nSPS) is 19.9. The van der Waals surface area contributed by atoms with Gasteiger partial charge in [0.15, 0.2) is 5.58 Å². The Bertz CT molecular complexity index is 794. The Morgan fingerprint density at radius 3 is 2.67 bits per heavy atom. The maximum Gasteiger partial charge on any atom is 0.328 e. The predicted octanol–water partition coefficient (Wildman–Crippen LogP) is 1.03. The third-order valence-corrected chi connectivity index (χ3v) is 4.50. The largest absolute Gasteiger partial charge is 0.423 e. The van der Waals surface area contributed by atoms with E-state index in [1.165, 1.54) is 0 Å². The highest BCUT2D eigenvalue weighted by atomic mass is 16.4. The van der Waals surface area contributed by atoms with Crippen LogP contribution < -0.4 is 15.1 Å². The Kier molecular flexibility index (Phi) is 3.61. The molecule has 0 saturated carbocycles. The lowest BCUT2D eigenvalue weighted by Gasteiger charge is -2.31. The van der Waals surface area contributed by atoms with Gasteiger partial charge < -0.3 is 14.2 Å². The average Bonchev–Trinajstić information content (AvgIpc) is 2.98. The van der Waals surface area contributed by atoms with Gasteiger partial charge in [-0.1, -0.05) is 0 Å². The Labute approximate surface area is 139 Å². The Hall–Kier alpha value is -2.61. The van der Waals surface area contributed by atoms with E-state index in [4.69, 9.17) is 4.42 Å². The first-order chi connectivity index (χ1) is 11.6. The van der Waals surface area contributed by atoms with Gasteiger partial charge in [-0.3, -0.25) is 15.0 Å². The topological polar surface area (TPSA) is 81.9 Å². The molecule has 126 valence electrons. The first-order valence-corrected chi connectivity index (χ1v) is 8.05. The van der Waals surface area contributed by atoms with Crippen LogP contribution in [0.25, 0.3) is 11.1 Å². The summed E-state index contributed by atoms with van der Waals surface area (Å²) in [6.45, 7) is 4.09. The van der Waals surface area contributed by atoms with Crippen molar-refractivity contribution < 1.29 is 14.0 Å². The fourth-order valence-corrected chi connectivity index (χ4v) is 3.01. The lowest BCUT2D eigenvalue weighted by Crippen LogP contribution is -2.49. The molecule has 2 aliphatic heterocycles. The number of oxazole rings is 1. The van der Waals surface area contributed by atoms with E-state index in [-0.39, 0.29) is 5.91 Å². The number of carbonyl (C=O) groups is 2. The van der Waals surface area contributed by atoms with E-state index < -0.39 is 6.03 Å². The number of piperazine rings is 1. The molecule has 2 aliphatic rings. The van der Waals surface area contributed by atoms with Gasteiger partial charge in [0.25, 0.3) is 6.01 Å². The number of benzene rings is 1. The molecule has 8 heteroatoms. The van der Waals surface area contributed by atoms with Crippen LogP contribution in [0.4, 0.5) is 16.5 Å². The summed E-state index contributed by atoms with van der Waals surface area (Å²) in [5.41, 5.74) is 2.11. The number of nitrogens with zero attached hydrogens (tertiary/aromatic N) is 4. The summed E-state index contributed by atoms with van der Waals surface area (Å²) >= 11 is 0. The highest BCUT2D eigenvalue weighted by molar-refractivity contribution is 6.06. The summed E-state index contributed by atoms with van der Waals surface area (Å²) < 4.78 is 5.90. The Balaban J connectivity index is 1.59. The van der Waals surface area contributed by atoms with Crippen LogP contribution in [0.2, 0.25) is 0 Å². The molecule has 2 saturated heterocycles. The maximum atomic E-state index is 12.0. The van der Waals surface area contributed by atoms with Crippen LogP contribution in [0.15, 0.2) is 22.6 Å². The summed E-state index contributed by atoms with van der Waals surface area (Å²) in [6, 6.07) is 5.70. The van der Waals surface area contributed by atoms with E-state index >= 15 is 0 Å². The van der Waals surface area contributed by atoms with Crippen LogP contribution in [0.3, 0.4) is 0 Å². The van der Waals surface area contributed by atoms with Gasteiger partial charge in [0.2, 0.25) is 5.91 Å². The van der Waals surface area contributed by atoms with Crippen molar-refractivity contribution in [1.82, 2.24) is 15.2 Å². The van der Waals surface area contributed by atoms with Crippen LogP contribution in [0.5, 0.6) is 0 Å². The van der Waals surface area contributed by atoms with Crippen molar-refractivity contribution in [3.8, 4) is 0 Å². The summed E-state index contributed by atoms with van der Waals surface area (Å²) in [6.07, 6.45) is 0.298. The number of imide groups is 1. The van der Waals surface area contributed by atoms with E-state index in [0.717, 1.165) is 31.7 Å². The average molecular weight is 329 g/mol. The van der Waals surface area contributed by atoms with E-state index in [2.05, 4.69) is 27.1 Å². The first-order valence-electron chi connectivity index (χ1n) is 8.05. The van der Waals surface area contributed by atoms with Crippen molar-refractivity contribution in [3.63, 3.8) is 0 Å². The molecule has 0 spiro atoms. The molecule has 4 rings (SSSR count). The number of anilines is 2. The fourth-order valence-electron chi connectivity index (χ4n) is 3.01. The van der Waals surface area contributed by atoms with Crippen LogP contribution in [0.1, 0.15) is 6.42 Å². The van der Waals surface area contributed by atoms with E-state index in [0.29, 0.717) is 30.3 Å². The number of hydrogen-bond acceptors (Lipinski definition) is 6. The molecule has 24 heavy (non-hydrogen) atoms. The number of fused-ring (bicyclic) bond motifs is 1. The second kappa shape index (κ2) is 5.79. The molecule has 0 unspecified atom stereocenters. The van der Waals surface area contributed by atoms with E-state index in [9.17, 15) is 9.59 Å². The van der Waals surface area contributed by atoms with Crippen LogP contribution in [-0.2, 0) is 4.79 Å². The molecule has 1 aromatic heterocycles. The smallest absolute Gasteiger partial charge is 0.328 e. The minimum atomic E-state index is -0.399. The van der Waals surface area contributed by atoms with Gasteiger partial charge in [-0.15, -0.1) is 0 Å². The standard InChI is InChI=1S/C16H19N5O3/c1-19-6-8-20(9-7-19)16-17-12-3-2-11(10-13(12)24-16)21-5-4-14(22)18-15(21)23/h2-3,10H,4-9H2,1H3,(H,18,22,23). The van der Waals surface area contributed by atoms with Crippen molar-refractivity contribution in [1.29, 1.82) is 0 Å². The maximum absolute atomic E-state index is 12.0. The third-order valence-electron chi connectivity index (χ3n) is 4.50. The summed E-state index contributed by atoms with van der Waals surface area (Å²) in [5, 5.41) is 2.33. The highest BCUT2D eigenvalue weighted by Crippen LogP contribution is 2.27. The van der Waals surface area contributed by atoms with Gasteiger partial charge in [-0.2, -0.15) is 4.98 Å². The molecule has 0 bridgehead atoms. The number of urea groups is 1. The van der Waals surface area contributed by atoms with E-state index in [1.807, 2.05) is 12.1 Å². The van der Waals surface area contributed by atoms with Gasteiger partial charge in [0.1, 0.15) is 5.52 Å². The van der Waals surface area contributed by atoms with Crippen molar-refractivity contribution in [3.05, 3.63) is 18.2 Å². The third kappa shape index (κ3) is 2.69. The predicted molar refractivity (Wildman–Crippen MR) is 89.2 cm³/mol. The lowest BCUT2D eigenvalue weighted by atomic mass is 10.2. The number of carbonyl (C=O) groups excluding carboxylic acids is 2. The molecular weight excluding hydrogens is 310 g/mol. The molecule has 8 nitrogen and oxygen atoms in total. The minimum absolute atomic E-state index is 0.241. The second-order valence-corrected chi connectivity index (χ2v) is 6.19. The molecule has 2 aromatic rings. The van der Waals surface area contributed by atoms with E-state index in [1.54, 1.807) is 11.0 Å². The highest BCUT2D eigenvalue weighted by Gasteiger charge is 2.25. The minimum Gasteiger partial charge on any atom is -0.423 e. The summed E-state index contributed by atoms with van der Waals surface area (Å²) in [7, 11) is 2.10. The molecule has 0 aliphatic carbocycles. The number of hydrogen-bond donors (Lipinski definition) is 1.